The van der Waals surface area contributed by atoms with Crippen molar-refractivity contribution in [1.29, 1.82) is 0 Å². The maximum Gasteiger partial charge on any atom is 0.240 e. The minimum Gasteiger partial charge on any atom is -0.0968 e. The smallest absolute Gasteiger partial charge is 0.0968 e. The zero-order valence-corrected chi connectivity index (χ0v) is 15.0. The van der Waals surface area contributed by atoms with E-state index in [0.29, 0.717) is 0 Å². The van der Waals surface area contributed by atoms with Gasteiger partial charge in [-0.2, -0.15) is 0 Å². The first-order chi connectivity index (χ1) is 10.8. The lowest BCUT2D eigenvalue weighted by Crippen LogP contribution is -1.95. The van der Waals surface area contributed by atoms with Crippen LogP contribution in [0, 0.1) is 12.1 Å². The molecule has 0 saturated carbocycles. The first-order valence-electron chi connectivity index (χ1n) is 9.75. The van der Waals surface area contributed by atoms with E-state index in [1.807, 2.05) is 0 Å². The molecule has 0 radical (unpaired) electrons. The van der Waals surface area contributed by atoms with E-state index in [2.05, 4.69) is 23.8 Å². The quantitative estimate of drug-likeness (QED) is 0.236. The second kappa shape index (κ2) is 13.8. The number of nitrogens with zero attached hydrogens (tertiary/aromatic N) is 2. The summed E-state index contributed by atoms with van der Waals surface area (Å²) >= 11 is 0. The Morgan fingerprint density at radius 3 is 1.82 bits per heavy atom. The topological polar surface area (TPSA) is 24.7 Å². The highest BCUT2D eigenvalue weighted by atomic mass is 15.0. The van der Waals surface area contributed by atoms with Crippen LogP contribution in [-0.4, -0.2) is 12.4 Å². The van der Waals surface area contributed by atoms with Crippen LogP contribution in [0.4, 0.5) is 0 Å². The minimum absolute atomic E-state index is 0.912. The summed E-state index contributed by atoms with van der Waals surface area (Å²) in [5.74, 6) is 0.912. The molecule has 22 heavy (non-hydrogen) atoms. The van der Waals surface area contributed by atoms with Gasteiger partial charge in [-0.3, -0.25) is 0 Å². The van der Waals surface area contributed by atoms with Crippen LogP contribution in [0.2, 0.25) is 0 Å². The SMILES string of the molecule is CCCCCCCCCCC(C)CCCCC[C+]1N=CC=N1. The predicted molar refractivity (Wildman–Crippen MR) is 99.7 cm³/mol. The molecule has 2 nitrogen and oxygen atoms in total. The van der Waals surface area contributed by atoms with Gasteiger partial charge in [0.15, 0.2) is 12.4 Å². The van der Waals surface area contributed by atoms with Gasteiger partial charge in [0.1, 0.15) is 0 Å². The highest BCUT2D eigenvalue weighted by molar-refractivity contribution is 6.18. The second-order valence-electron chi connectivity index (χ2n) is 6.94. The molecule has 0 fully saturated rings. The van der Waals surface area contributed by atoms with Gasteiger partial charge in [-0.1, -0.05) is 101 Å². The summed E-state index contributed by atoms with van der Waals surface area (Å²) in [6.45, 7) is 4.72. The van der Waals surface area contributed by atoms with Crippen molar-refractivity contribution in [2.24, 2.45) is 15.9 Å². The molecule has 0 saturated heterocycles. The van der Waals surface area contributed by atoms with E-state index in [9.17, 15) is 0 Å². The van der Waals surface area contributed by atoms with Crippen molar-refractivity contribution in [3.8, 4) is 0 Å². The second-order valence-corrected chi connectivity index (χ2v) is 6.94. The Morgan fingerprint density at radius 1 is 0.727 bits per heavy atom. The number of unbranched alkanes of at least 4 members (excludes halogenated alkanes) is 9. The largest absolute Gasteiger partial charge is 0.240 e. The summed E-state index contributed by atoms with van der Waals surface area (Å²) in [6, 6.07) is 0. The molecule has 0 aromatic rings. The van der Waals surface area contributed by atoms with Gasteiger partial charge in [0.25, 0.3) is 0 Å². The Labute approximate surface area is 138 Å². The van der Waals surface area contributed by atoms with Gasteiger partial charge in [-0.25, -0.2) is 0 Å². The Hall–Kier alpha value is -0.790. The average Bonchev–Trinajstić information content (AvgIpc) is 3.03. The summed E-state index contributed by atoms with van der Waals surface area (Å²) in [4.78, 5) is 8.44. The van der Waals surface area contributed by atoms with Crippen LogP contribution in [0.3, 0.4) is 0 Å². The van der Waals surface area contributed by atoms with Crippen LogP contribution in [0.25, 0.3) is 0 Å². The van der Waals surface area contributed by atoms with E-state index in [-0.39, 0.29) is 0 Å². The summed E-state index contributed by atoms with van der Waals surface area (Å²) < 4.78 is 0. The predicted octanol–water partition coefficient (Wildman–Crippen LogP) is 6.75. The van der Waals surface area contributed by atoms with E-state index in [1.54, 1.807) is 12.4 Å². The third kappa shape index (κ3) is 10.9. The van der Waals surface area contributed by atoms with Crippen LogP contribution in [0.5, 0.6) is 0 Å². The highest BCUT2D eigenvalue weighted by Crippen LogP contribution is 2.20. The molecular weight excluding hydrogens is 268 g/mol. The molecule has 126 valence electrons. The first kappa shape index (κ1) is 19.3. The van der Waals surface area contributed by atoms with Crippen LogP contribution in [0.15, 0.2) is 9.98 Å². The monoisotopic (exact) mass is 305 g/mol. The van der Waals surface area contributed by atoms with Crippen molar-refractivity contribution >= 4 is 12.4 Å². The van der Waals surface area contributed by atoms with Gasteiger partial charge in [0.05, 0.1) is 6.42 Å². The van der Waals surface area contributed by atoms with E-state index < -0.39 is 0 Å². The van der Waals surface area contributed by atoms with Crippen molar-refractivity contribution in [2.75, 3.05) is 0 Å². The van der Waals surface area contributed by atoms with Crippen molar-refractivity contribution in [1.82, 2.24) is 0 Å². The molecule has 0 spiro atoms. The zero-order valence-electron chi connectivity index (χ0n) is 15.0. The van der Waals surface area contributed by atoms with Crippen molar-refractivity contribution in [3.05, 3.63) is 6.17 Å². The molecule has 1 rings (SSSR count). The fourth-order valence-electron chi connectivity index (χ4n) is 3.12. The van der Waals surface area contributed by atoms with Gasteiger partial charge in [0, 0.05) is 0 Å². The standard InChI is InChI=1S/C20H37N2/c1-3-4-5-6-7-8-9-11-14-19(2)15-12-10-13-16-20-21-17-18-22-20/h17-19H,3-16H2,1-2H3/q+1. The molecule has 1 aliphatic heterocycles. The normalized spacial score (nSPS) is 14.9. The summed E-state index contributed by atoms with van der Waals surface area (Å²) in [5, 5.41) is 0. The number of hydrogen-bond acceptors (Lipinski definition) is 2. The zero-order chi connectivity index (χ0) is 15.9. The van der Waals surface area contributed by atoms with E-state index >= 15 is 0 Å². The third-order valence-electron chi connectivity index (χ3n) is 4.66. The lowest BCUT2D eigenvalue weighted by atomic mass is 9.96. The third-order valence-corrected chi connectivity index (χ3v) is 4.66. The number of rotatable bonds is 15. The molecular formula is C20H37N2+. The van der Waals surface area contributed by atoms with Gasteiger partial charge in [-0.15, -0.1) is 0 Å². The van der Waals surface area contributed by atoms with Gasteiger partial charge in [0.2, 0.25) is 6.17 Å². The number of hydrogen-bond donors (Lipinski definition) is 0. The molecule has 0 aromatic carbocycles. The number of aliphatic imine (C=N–C) groups is 2. The summed E-state index contributed by atoms with van der Waals surface area (Å²) in [6.07, 6.45) is 23.9. The van der Waals surface area contributed by atoms with Gasteiger partial charge < -0.3 is 0 Å². The van der Waals surface area contributed by atoms with Gasteiger partial charge >= 0.3 is 0 Å². The van der Waals surface area contributed by atoms with Crippen molar-refractivity contribution in [2.45, 2.75) is 104 Å². The Kier molecular flexibility index (Phi) is 12.1. The molecule has 1 atom stereocenters. The summed E-state index contributed by atoms with van der Waals surface area (Å²) in [7, 11) is 0. The summed E-state index contributed by atoms with van der Waals surface area (Å²) in [5.41, 5.74) is 0. The maximum atomic E-state index is 4.22. The van der Waals surface area contributed by atoms with E-state index in [4.69, 9.17) is 0 Å². The molecule has 0 N–H and O–H groups in total. The molecule has 1 aliphatic rings. The molecule has 0 bridgehead atoms. The molecule has 0 aromatic heterocycles. The van der Waals surface area contributed by atoms with Crippen LogP contribution in [-0.2, 0) is 0 Å². The Morgan fingerprint density at radius 2 is 1.23 bits per heavy atom. The van der Waals surface area contributed by atoms with Crippen LogP contribution >= 0.6 is 0 Å². The molecule has 1 heterocycles. The lowest BCUT2D eigenvalue weighted by molar-refractivity contribution is 0.432. The van der Waals surface area contributed by atoms with Gasteiger partial charge in [-0.05, 0) is 12.3 Å². The first-order valence-corrected chi connectivity index (χ1v) is 9.75. The highest BCUT2D eigenvalue weighted by Gasteiger charge is 2.14. The molecule has 2 heteroatoms. The fourth-order valence-corrected chi connectivity index (χ4v) is 3.12. The van der Waals surface area contributed by atoms with E-state index in [0.717, 1.165) is 18.5 Å². The molecule has 0 aliphatic carbocycles. The van der Waals surface area contributed by atoms with E-state index in [1.165, 1.54) is 83.5 Å². The fraction of sp³-hybridized carbons (Fsp3) is 0.850. The Balaban J connectivity index is 1.78. The average molecular weight is 306 g/mol. The van der Waals surface area contributed by atoms with Crippen LogP contribution < -0.4 is 0 Å². The maximum absolute atomic E-state index is 4.22. The van der Waals surface area contributed by atoms with Crippen molar-refractivity contribution < 1.29 is 0 Å². The molecule has 1 unspecified atom stereocenters. The van der Waals surface area contributed by atoms with Crippen LogP contribution in [0.1, 0.15) is 104 Å². The molecule has 0 amide bonds. The minimum atomic E-state index is 0.912. The lowest BCUT2D eigenvalue weighted by Gasteiger charge is -2.10. The van der Waals surface area contributed by atoms with Crippen molar-refractivity contribution in [3.63, 3.8) is 0 Å². The Bertz CT molecular complexity index is 284.